The first-order valence-electron chi connectivity index (χ1n) is 14.3. The molecule has 6 nitrogen and oxygen atoms in total. The number of aromatic nitrogens is 3. The number of benzene rings is 3. The summed E-state index contributed by atoms with van der Waals surface area (Å²) in [6.07, 6.45) is 8.03. The molecule has 0 spiro atoms. The summed E-state index contributed by atoms with van der Waals surface area (Å²) in [6, 6.07) is 22.3. The lowest BCUT2D eigenvalue weighted by atomic mass is 9.76. The number of nitrogens with zero attached hydrogens (tertiary/aromatic N) is 1. The maximum atomic E-state index is 6.16. The molecule has 2 aliphatic rings. The van der Waals surface area contributed by atoms with Crippen molar-refractivity contribution in [3.8, 4) is 11.1 Å². The first kappa shape index (κ1) is 24.1. The summed E-state index contributed by atoms with van der Waals surface area (Å²) in [5.74, 6) is 0. The molecule has 204 valence electrons. The third kappa shape index (κ3) is 3.40. The van der Waals surface area contributed by atoms with E-state index in [4.69, 9.17) is 5.73 Å². The Kier molecular flexibility index (Phi) is 4.80. The molecule has 0 amide bonds. The number of nitrogens with two attached hydrogens (primary N) is 1. The average molecular weight is 539 g/mol. The lowest BCUT2D eigenvalue weighted by Gasteiger charge is -2.28. The predicted molar refractivity (Wildman–Crippen MR) is 169 cm³/mol. The Morgan fingerprint density at radius 3 is 2.17 bits per heavy atom. The fraction of sp³-hybridized carbons (Fsp3) is 0.229. The number of hydrogen-bond donors (Lipinski definition) is 5. The van der Waals surface area contributed by atoms with E-state index in [1.165, 1.54) is 55.5 Å². The van der Waals surface area contributed by atoms with Crippen molar-refractivity contribution in [3.63, 3.8) is 0 Å². The minimum absolute atomic E-state index is 0.0634. The Morgan fingerprint density at radius 1 is 0.659 bits per heavy atom. The van der Waals surface area contributed by atoms with Gasteiger partial charge in [-0.1, -0.05) is 45.9 Å². The van der Waals surface area contributed by atoms with Gasteiger partial charge in [-0.3, -0.25) is 4.98 Å². The molecule has 6 aromatic rings. The van der Waals surface area contributed by atoms with Crippen LogP contribution in [0.1, 0.15) is 62.0 Å². The highest BCUT2D eigenvalue weighted by Gasteiger charge is 2.43. The van der Waals surface area contributed by atoms with Crippen molar-refractivity contribution in [2.75, 3.05) is 16.4 Å². The van der Waals surface area contributed by atoms with Crippen LogP contribution in [-0.2, 0) is 10.8 Å². The molecule has 0 saturated heterocycles. The number of hydrogen-bond acceptors (Lipinski definition) is 4. The predicted octanol–water partition coefficient (Wildman–Crippen LogP) is 8.18. The normalized spacial score (nSPS) is 20.1. The summed E-state index contributed by atoms with van der Waals surface area (Å²) < 4.78 is 0. The van der Waals surface area contributed by atoms with Gasteiger partial charge in [0.05, 0.1) is 23.8 Å². The van der Waals surface area contributed by atoms with Crippen LogP contribution in [0.25, 0.3) is 32.9 Å². The SMILES string of the molecule is CC1(C)c2ccc(-c3ccc4c(c3)C(C)(C)C(c3c[nH]c5ccc(N)cc35)N4)cc2NC1c1c[nH]c2cnccc12. The fourth-order valence-corrected chi connectivity index (χ4v) is 7.34. The van der Waals surface area contributed by atoms with Crippen LogP contribution < -0.4 is 16.4 Å². The number of fused-ring (bicyclic) bond motifs is 4. The zero-order valence-corrected chi connectivity index (χ0v) is 23.8. The highest BCUT2D eigenvalue weighted by molar-refractivity contribution is 5.88. The van der Waals surface area contributed by atoms with Crippen LogP contribution in [0.15, 0.2) is 85.5 Å². The smallest absolute Gasteiger partial charge is 0.0644 e. The van der Waals surface area contributed by atoms with E-state index < -0.39 is 0 Å². The number of pyridine rings is 1. The third-order valence-electron chi connectivity index (χ3n) is 9.68. The van der Waals surface area contributed by atoms with E-state index in [1.54, 1.807) is 0 Å². The molecule has 41 heavy (non-hydrogen) atoms. The second kappa shape index (κ2) is 8.16. The molecule has 6 N–H and O–H groups in total. The van der Waals surface area contributed by atoms with Crippen LogP contribution in [0.2, 0.25) is 0 Å². The molecule has 2 unspecified atom stereocenters. The molecule has 0 aliphatic carbocycles. The van der Waals surface area contributed by atoms with Crippen LogP contribution in [0.3, 0.4) is 0 Å². The minimum Gasteiger partial charge on any atom is -0.399 e. The lowest BCUT2D eigenvalue weighted by Crippen LogP contribution is -2.25. The van der Waals surface area contributed by atoms with Crippen molar-refractivity contribution in [2.45, 2.75) is 50.6 Å². The maximum Gasteiger partial charge on any atom is 0.0644 e. The van der Waals surface area contributed by atoms with E-state index in [-0.39, 0.29) is 22.9 Å². The van der Waals surface area contributed by atoms with E-state index in [1.807, 2.05) is 18.5 Å². The largest absolute Gasteiger partial charge is 0.399 e. The number of anilines is 3. The quantitative estimate of drug-likeness (QED) is 0.147. The Bertz CT molecular complexity index is 1990. The molecular weight excluding hydrogens is 504 g/mol. The fourth-order valence-electron chi connectivity index (χ4n) is 7.34. The van der Waals surface area contributed by atoms with Crippen LogP contribution in [0.5, 0.6) is 0 Å². The molecule has 2 atom stereocenters. The van der Waals surface area contributed by atoms with Gasteiger partial charge in [0.25, 0.3) is 0 Å². The molecule has 0 fully saturated rings. The van der Waals surface area contributed by atoms with Crippen LogP contribution in [0, 0.1) is 0 Å². The topological polar surface area (TPSA) is 94.5 Å². The molecule has 6 heteroatoms. The molecular formula is C35H34N6. The number of nitrogens with one attached hydrogen (secondary N) is 4. The zero-order valence-electron chi connectivity index (χ0n) is 23.8. The first-order chi connectivity index (χ1) is 19.7. The van der Waals surface area contributed by atoms with Crippen LogP contribution >= 0.6 is 0 Å². The maximum absolute atomic E-state index is 6.16. The molecule has 0 saturated carbocycles. The van der Waals surface area contributed by atoms with E-state index >= 15 is 0 Å². The van der Waals surface area contributed by atoms with Crippen molar-refractivity contribution in [2.24, 2.45) is 0 Å². The molecule has 5 heterocycles. The van der Waals surface area contributed by atoms with Crippen LogP contribution in [-0.4, -0.2) is 15.0 Å². The molecule has 0 bridgehead atoms. The minimum atomic E-state index is -0.114. The second-order valence-electron chi connectivity index (χ2n) is 12.8. The highest BCUT2D eigenvalue weighted by Crippen LogP contribution is 2.53. The number of aromatic amines is 2. The Balaban J connectivity index is 1.15. The molecule has 0 radical (unpaired) electrons. The molecule has 3 aromatic carbocycles. The van der Waals surface area contributed by atoms with Crippen molar-refractivity contribution < 1.29 is 0 Å². The Labute approximate surface area is 239 Å². The summed E-state index contributed by atoms with van der Waals surface area (Å²) in [4.78, 5) is 11.1. The number of nitrogen functional groups attached to an aromatic ring is 1. The van der Waals surface area contributed by atoms with Gasteiger partial charge in [0.15, 0.2) is 0 Å². The monoisotopic (exact) mass is 538 g/mol. The van der Waals surface area contributed by atoms with Crippen molar-refractivity contribution in [1.29, 1.82) is 0 Å². The Hall–Kier alpha value is -4.71. The van der Waals surface area contributed by atoms with Gasteiger partial charge in [0, 0.05) is 73.9 Å². The van der Waals surface area contributed by atoms with Gasteiger partial charge in [-0.25, -0.2) is 0 Å². The van der Waals surface area contributed by atoms with E-state index in [0.29, 0.717) is 0 Å². The average Bonchev–Trinajstić information content (AvgIpc) is 3.69. The van der Waals surface area contributed by atoms with Crippen molar-refractivity contribution in [3.05, 3.63) is 108 Å². The van der Waals surface area contributed by atoms with Gasteiger partial charge >= 0.3 is 0 Å². The van der Waals surface area contributed by atoms with Gasteiger partial charge in [-0.05, 0) is 64.7 Å². The second-order valence-corrected chi connectivity index (χ2v) is 12.8. The van der Waals surface area contributed by atoms with Gasteiger partial charge in [0.2, 0.25) is 0 Å². The van der Waals surface area contributed by atoms with Crippen molar-refractivity contribution in [1.82, 2.24) is 15.0 Å². The third-order valence-corrected chi connectivity index (χ3v) is 9.68. The van der Waals surface area contributed by atoms with Gasteiger partial charge in [0.1, 0.15) is 0 Å². The highest BCUT2D eigenvalue weighted by atomic mass is 15.0. The summed E-state index contributed by atoms with van der Waals surface area (Å²) >= 11 is 0. The van der Waals surface area contributed by atoms with Gasteiger partial charge in [-0.2, -0.15) is 0 Å². The number of H-pyrrole nitrogens is 2. The van der Waals surface area contributed by atoms with Crippen molar-refractivity contribution >= 4 is 38.9 Å². The van der Waals surface area contributed by atoms with E-state index in [9.17, 15) is 0 Å². The van der Waals surface area contributed by atoms with Gasteiger partial charge in [-0.15, -0.1) is 0 Å². The zero-order chi connectivity index (χ0) is 28.1. The first-order valence-corrected chi connectivity index (χ1v) is 14.3. The summed E-state index contributed by atoms with van der Waals surface area (Å²) in [5, 5.41) is 10.1. The van der Waals surface area contributed by atoms with E-state index in [0.717, 1.165) is 16.7 Å². The van der Waals surface area contributed by atoms with Crippen LogP contribution in [0.4, 0.5) is 17.1 Å². The van der Waals surface area contributed by atoms with Gasteiger partial charge < -0.3 is 26.3 Å². The van der Waals surface area contributed by atoms with E-state index in [2.05, 4.69) is 120 Å². The lowest BCUT2D eigenvalue weighted by molar-refractivity contribution is 0.476. The summed E-state index contributed by atoms with van der Waals surface area (Å²) in [7, 11) is 0. The molecule has 2 aliphatic heterocycles. The molecule has 8 rings (SSSR count). The summed E-state index contributed by atoms with van der Waals surface area (Å²) in [5.41, 5.74) is 19.0. The number of rotatable bonds is 3. The Morgan fingerprint density at radius 2 is 1.34 bits per heavy atom. The standard InChI is InChI=1S/C35H34N6/c1-34(2)26-8-5-20(14-30(26)41-32(34)24-16-39-31-18-37-12-11-22(24)31)19-6-9-29-27(13-19)35(3,4)33(40-29)25-17-38-28-10-7-21(36)15-23(25)28/h5-18,32-33,38-41H,36H2,1-4H3. The summed E-state index contributed by atoms with van der Waals surface area (Å²) in [6.45, 7) is 9.33. The molecule has 3 aromatic heterocycles.